The molecule has 3 N–H and O–H groups in total. The molecule has 8 nitrogen and oxygen atoms in total. The summed E-state index contributed by atoms with van der Waals surface area (Å²) in [4.78, 5) is 36.6. The first-order valence-corrected chi connectivity index (χ1v) is 12.2. The summed E-state index contributed by atoms with van der Waals surface area (Å²) in [6.07, 6.45) is 1.50. The Kier molecular flexibility index (Phi) is 8.02. The van der Waals surface area contributed by atoms with Crippen molar-refractivity contribution in [3.05, 3.63) is 59.7 Å². The second-order valence-electron chi connectivity index (χ2n) is 9.14. The van der Waals surface area contributed by atoms with Crippen molar-refractivity contribution in [1.29, 1.82) is 0 Å². The van der Waals surface area contributed by atoms with E-state index >= 15 is 0 Å². The summed E-state index contributed by atoms with van der Waals surface area (Å²) in [6.45, 7) is 2.54. The number of alkyl carbamates (subject to hydrolysis) is 1. The smallest absolute Gasteiger partial charge is 0.407 e. The number of carbonyl (C=O) groups excluding carboxylic acids is 2. The van der Waals surface area contributed by atoms with E-state index in [9.17, 15) is 14.4 Å². The van der Waals surface area contributed by atoms with Crippen molar-refractivity contribution in [2.24, 2.45) is 5.92 Å². The van der Waals surface area contributed by atoms with Crippen LogP contribution in [0.5, 0.6) is 0 Å². The Morgan fingerprint density at radius 1 is 1.09 bits per heavy atom. The van der Waals surface area contributed by atoms with Crippen molar-refractivity contribution in [2.75, 3.05) is 19.8 Å². The Labute approximate surface area is 205 Å². The third-order valence-corrected chi connectivity index (χ3v) is 6.73. The Morgan fingerprint density at radius 2 is 1.74 bits per heavy atom. The van der Waals surface area contributed by atoms with Gasteiger partial charge in [-0.15, -0.1) is 0 Å². The van der Waals surface area contributed by atoms with Crippen LogP contribution in [0.25, 0.3) is 11.1 Å². The fraction of sp³-hybridized carbons (Fsp3) is 0.444. The maximum atomic E-state index is 12.8. The number of carboxylic acids is 1. The van der Waals surface area contributed by atoms with Crippen LogP contribution in [-0.4, -0.2) is 55.0 Å². The van der Waals surface area contributed by atoms with E-state index in [4.69, 9.17) is 14.6 Å². The van der Waals surface area contributed by atoms with Crippen molar-refractivity contribution < 1.29 is 29.0 Å². The van der Waals surface area contributed by atoms with E-state index in [0.29, 0.717) is 12.8 Å². The van der Waals surface area contributed by atoms with Crippen molar-refractivity contribution in [3.8, 4) is 11.1 Å². The molecule has 2 aromatic rings. The quantitative estimate of drug-likeness (QED) is 0.478. The van der Waals surface area contributed by atoms with Gasteiger partial charge in [0.1, 0.15) is 12.6 Å². The van der Waals surface area contributed by atoms with Crippen molar-refractivity contribution in [2.45, 2.75) is 50.7 Å². The lowest BCUT2D eigenvalue weighted by atomic mass is 9.98. The molecule has 0 spiro atoms. The SMILES string of the molecule is CCCCC(NC(=O)OCC1c2ccccc2-c2ccccc21)C(=O)NCC1CC(C(=O)O)CO1. The summed E-state index contributed by atoms with van der Waals surface area (Å²) in [7, 11) is 0. The number of benzene rings is 2. The minimum absolute atomic E-state index is 0.0576. The Bertz CT molecular complexity index is 1030. The molecule has 1 aliphatic carbocycles. The molecule has 35 heavy (non-hydrogen) atoms. The first-order chi connectivity index (χ1) is 17.0. The average molecular weight is 481 g/mol. The minimum Gasteiger partial charge on any atom is -0.481 e. The molecule has 2 amide bonds. The van der Waals surface area contributed by atoms with Crippen LogP contribution in [0.2, 0.25) is 0 Å². The van der Waals surface area contributed by atoms with Gasteiger partial charge in [-0.3, -0.25) is 9.59 Å². The van der Waals surface area contributed by atoms with Crippen LogP contribution in [0.1, 0.15) is 49.7 Å². The molecule has 2 aromatic carbocycles. The predicted octanol–water partition coefficient (Wildman–Crippen LogP) is 3.69. The van der Waals surface area contributed by atoms with Gasteiger partial charge in [-0.2, -0.15) is 0 Å². The molecule has 1 saturated heterocycles. The van der Waals surface area contributed by atoms with E-state index in [-0.39, 0.29) is 37.7 Å². The average Bonchev–Trinajstić information content (AvgIpc) is 3.47. The number of hydrogen-bond acceptors (Lipinski definition) is 5. The van der Waals surface area contributed by atoms with Gasteiger partial charge < -0.3 is 25.2 Å². The molecule has 1 fully saturated rings. The highest BCUT2D eigenvalue weighted by atomic mass is 16.5. The Balaban J connectivity index is 1.32. The monoisotopic (exact) mass is 480 g/mol. The van der Waals surface area contributed by atoms with Gasteiger partial charge in [0.25, 0.3) is 0 Å². The third-order valence-electron chi connectivity index (χ3n) is 6.73. The lowest BCUT2D eigenvalue weighted by molar-refractivity contribution is -0.141. The number of nitrogens with one attached hydrogen (secondary N) is 2. The normalized spacial score (nSPS) is 19.5. The highest BCUT2D eigenvalue weighted by Gasteiger charge is 2.32. The zero-order valence-electron chi connectivity index (χ0n) is 19.9. The highest BCUT2D eigenvalue weighted by molar-refractivity contribution is 5.85. The van der Waals surface area contributed by atoms with Crippen molar-refractivity contribution in [1.82, 2.24) is 10.6 Å². The Morgan fingerprint density at radius 3 is 2.34 bits per heavy atom. The van der Waals surface area contributed by atoms with E-state index < -0.39 is 24.0 Å². The van der Waals surface area contributed by atoms with Gasteiger partial charge >= 0.3 is 12.1 Å². The topological polar surface area (TPSA) is 114 Å². The lowest BCUT2D eigenvalue weighted by Crippen LogP contribution is -2.48. The standard InChI is InChI=1S/C27H32N2O6/c1-2-3-12-24(25(30)28-14-18-13-17(15-34-18)26(31)32)29-27(33)35-16-23-21-10-6-4-8-19(21)20-9-5-7-11-22(20)23/h4-11,17-18,23-24H,2-3,12-16H2,1H3,(H,28,30)(H,29,33)(H,31,32). The molecule has 4 rings (SSSR count). The maximum absolute atomic E-state index is 12.8. The molecular weight excluding hydrogens is 448 g/mol. The number of aliphatic carboxylic acids is 1. The summed E-state index contributed by atoms with van der Waals surface area (Å²) >= 11 is 0. The van der Waals surface area contributed by atoms with Gasteiger partial charge in [-0.25, -0.2) is 4.79 Å². The molecule has 8 heteroatoms. The van der Waals surface area contributed by atoms with Crippen LogP contribution in [0, 0.1) is 5.92 Å². The van der Waals surface area contributed by atoms with Gasteiger partial charge in [-0.1, -0.05) is 68.3 Å². The number of carboxylic acid groups (broad SMARTS) is 1. The van der Waals surface area contributed by atoms with Gasteiger partial charge in [0.15, 0.2) is 0 Å². The summed E-state index contributed by atoms with van der Waals surface area (Å²) in [5, 5.41) is 14.6. The predicted molar refractivity (Wildman–Crippen MR) is 130 cm³/mol. The van der Waals surface area contributed by atoms with Crippen LogP contribution >= 0.6 is 0 Å². The molecular formula is C27H32N2O6. The second kappa shape index (κ2) is 11.4. The summed E-state index contributed by atoms with van der Waals surface area (Å²) in [6, 6.07) is 15.5. The maximum Gasteiger partial charge on any atom is 0.407 e. The summed E-state index contributed by atoms with van der Waals surface area (Å²) < 4.78 is 11.1. The zero-order chi connectivity index (χ0) is 24.8. The molecule has 3 atom stereocenters. The Hall–Kier alpha value is -3.39. The van der Waals surface area contributed by atoms with E-state index in [1.165, 1.54) is 0 Å². The first kappa shape index (κ1) is 24.7. The minimum atomic E-state index is -0.892. The number of rotatable bonds is 10. The highest BCUT2D eigenvalue weighted by Crippen LogP contribution is 2.44. The van der Waals surface area contributed by atoms with Crippen molar-refractivity contribution >= 4 is 18.0 Å². The van der Waals surface area contributed by atoms with Crippen LogP contribution in [0.4, 0.5) is 4.79 Å². The molecule has 186 valence electrons. The fourth-order valence-corrected chi connectivity index (χ4v) is 4.82. The zero-order valence-corrected chi connectivity index (χ0v) is 19.9. The largest absolute Gasteiger partial charge is 0.481 e. The van der Waals surface area contributed by atoms with E-state index in [1.54, 1.807) is 0 Å². The van der Waals surface area contributed by atoms with Gasteiger partial charge in [0.05, 0.1) is 18.6 Å². The van der Waals surface area contributed by atoms with Gasteiger partial charge in [0, 0.05) is 12.5 Å². The third kappa shape index (κ3) is 5.82. The van der Waals surface area contributed by atoms with Crippen LogP contribution in [0.3, 0.4) is 0 Å². The molecule has 1 aliphatic heterocycles. The van der Waals surface area contributed by atoms with Crippen LogP contribution in [-0.2, 0) is 19.1 Å². The van der Waals surface area contributed by atoms with Gasteiger partial charge in [0.2, 0.25) is 5.91 Å². The van der Waals surface area contributed by atoms with Gasteiger partial charge in [-0.05, 0) is 35.1 Å². The molecule has 1 heterocycles. The number of hydrogen-bond donors (Lipinski definition) is 3. The number of unbranched alkanes of at least 4 members (excludes halogenated alkanes) is 1. The molecule has 0 bridgehead atoms. The molecule has 0 saturated carbocycles. The number of carbonyl (C=O) groups is 3. The number of amides is 2. The molecule has 0 aromatic heterocycles. The fourth-order valence-electron chi connectivity index (χ4n) is 4.82. The van der Waals surface area contributed by atoms with Crippen molar-refractivity contribution in [3.63, 3.8) is 0 Å². The summed E-state index contributed by atoms with van der Waals surface area (Å²) in [5.74, 6) is -1.82. The second-order valence-corrected chi connectivity index (χ2v) is 9.14. The molecule has 3 unspecified atom stereocenters. The summed E-state index contributed by atoms with van der Waals surface area (Å²) in [5.41, 5.74) is 4.55. The van der Waals surface area contributed by atoms with E-state index in [2.05, 4.69) is 34.9 Å². The van der Waals surface area contributed by atoms with Crippen LogP contribution in [0.15, 0.2) is 48.5 Å². The number of fused-ring (bicyclic) bond motifs is 3. The molecule has 0 radical (unpaired) electrons. The van der Waals surface area contributed by atoms with Crippen LogP contribution < -0.4 is 10.6 Å². The molecule has 2 aliphatic rings. The number of ether oxygens (including phenoxy) is 2. The van der Waals surface area contributed by atoms with E-state index in [0.717, 1.165) is 35.1 Å². The lowest BCUT2D eigenvalue weighted by Gasteiger charge is -2.20. The first-order valence-electron chi connectivity index (χ1n) is 12.2. The van der Waals surface area contributed by atoms with E-state index in [1.807, 2.05) is 31.2 Å².